The van der Waals surface area contributed by atoms with Gasteiger partial charge in [-0.1, -0.05) is 43.6 Å². The van der Waals surface area contributed by atoms with Crippen LogP contribution in [-0.4, -0.2) is 23.7 Å². The lowest BCUT2D eigenvalue weighted by Gasteiger charge is -2.14. The fourth-order valence-electron chi connectivity index (χ4n) is 2.49. The molecule has 2 aromatic carbocycles. The molecule has 25 heavy (non-hydrogen) atoms. The predicted octanol–water partition coefficient (Wildman–Crippen LogP) is 5.43. The maximum Gasteiger partial charge on any atom is 0.168 e. The van der Waals surface area contributed by atoms with Gasteiger partial charge in [-0.05, 0) is 36.3 Å². The molecule has 0 aliphatic rings. The van der Waals surface area contributed by atoms with E-state index in [9.17, 15) is 0 Å². The monoisotopic (exact) mass is 356 g/mol. The van der Waals surface area contributed by atoms with Gasteiger partial charge in [0, 0.05) is 5.56 Å². The number of nitrogens with one attached hydrogen (secondary N) is 1. The number of aromatic nitrogens is 2. The van der Waals surface area contributed by atoms with Crippen LogP contribution in [0.15, 0.2) is 36.4 Å². The van der Waals surface area contributed by atoms with Crippen LogP contribution in [-0.2, 0) is 0 Å². The zero-order chi connectivity index (χ0) is 17.8. The number of halogens is 1. The molecule has 0 saturated heterocycles. The van der Waals surface area contributed by atoms with Crippen LogP contribution in [0.1, 0.15) is 25.2 Å². The molecule has 0 bridgehead atoms. The van der Waals surface area contributed by atoms with Gasteiger partial charge in [0.2, 0.25) is 0 Å². The molecule has 0 spiro atoms. The Kier molecular flexibility index (Phi) is 5.29. The Hall–Kier alpha value is -2.46. The van der Waals surface area contributed by atoms with Gasteiger partial charge in [-0.25, -0.2) is 4.98 Å². The molecule has 3 aromatic rings. The van der Waals surface area contributed by atoms with E-state index in [2.05, 4.69) is 23.8 Å². The van der Waals surface area contributed by atoms with Crippen molar-refractivity contribution in [1.29, 1.82) is 0 Å². The molecule has 3 rings (SSSR count). The van der Waals surface area contributed by atoms with Crippen molar-refractivity contribution in [2.24, 2.45) is 5.92 Å². The van der Waals surface area contributed by atoms with E-state index in [-0.39, 0.29) is 0 Å². The van der Waals surface area contributed by atoms with E-state index in [1.165, 1.54) is 0 Å². The van der Waals surface area contributed by atoms with Crippen molar-refractivity contribution in [3.05, 3.63) is 52.8 Å². The lowest BCUT2D eigenvalue weighted by molar-refractivity contribution is 0.256. The van der Waals surface area contributed by atoms with E-state index >= 15 is 0 Å². The zero-order valence-electron chi connectivity index (χ0n) is 14.5. The summed E-state index contributed by atoms with van der Waals surface area (Å²) in [5.74, 6) is 2.62. The van der Waals surface area contributed by atoms with Crippen molar-refractivity contribution in [2.45, 2.75) is 13.8 Å². The number of imidazole rings is 1. The quantitative estimate of drug-likeness (QED) is 0.640. The number of methoxy groups -OCH3 is 1. The second-order valence-electron chi connectivity index (χ2n) is 6.17. The van der Waals surface area contributed by atoms with Crippen molar-refractivity contribution >= 4 is 34.8 Å². The number of aromatic amines is 1. The molecule has 1 heterocycles. The van der Waals surface area contributed by atoms with E-state index in [1.807, 2.05) is 48.6 Å². The third-order valence-electron chi connectivity index (χ3n) is 3.69. The smallest absolute Gasteiger partial charge is 0.168 e. The molecule has 0 saturated carbocycles. The summed E-state index contributed by atoms with van der Waals surface area (Å²) in [6.45, 7) is 4.85. The fraction of sp³-hybridized carbons (Fsp3) is 0.250. The Bertz CT molecular complexity index is 900. The SMILES string of the molecule is COc1cccc(/C=C/c2nc3c(Cl)cccc3[nH]2)c1OCC(C)C. The highest BCUT2D eigenvalue weighted by Gasteiger charge is 2.10. The van der Waals surface area contributed by atoms with Crippen LogP contribution in [0, 0.1) is 5.92 Å². The Morgan fingerprint density at radius 2 is 1.96 bits per heavy atom. The molecular formula is C20H21ClN2O2. The summed E-state index contributed by atoms with van der Waals surface area (Å²) in [7, 11) is 1.65. The molecule has 0 fully saturated rings. The van der Waals surface area contributed by atoms with Crippen molar-refractivity contribution in [2.75, 3.05) is 13.7 Å². The number of para-hydroxylation sites is 2. The first-order valence-electron chi connectivity index (χ1n) is 8.20. The average Bonchev–Trinajstić information content (AvgIpc) is 3.02. The first-order chi connectivity index (χ1) is 12.1. The van der Waals surface area contributed by atoms with Crippen molar-refractivity contribution < 1.29 is 9.47 Å². The number of fused-ring (bicyclic) bond motifs is 1. The molecule has 0 amide bonds. The molecule has 130 valence electrons. The van der Waals surface area contributed by atoms with Gasteiger partial charge in [-0.15, -0.1) is 0 Å². The zero-order valence-corrected chi connectivity index (χ0v) is 15.3. The summed E-state index contributed by atoms with van der Waals surface area (Å²) in [6, 6.07) is 11.5. The molecule has 0 aliphatic carbocycles. The molecule has 0 aliphatic heterocycles. The lowest BCUT2D eigenvalue weighted by atomic mass is 10.1. The van der Waals surface area contributed by atoms with Crippen molar-refractivity contribution in [1.82, 2.24) is 9.97 Å². The topological polar surface area (TPSA) is 47.1 Å². The van der Waals surface area contributed by atoms with Crippen molar-refractivity contribution in [3.8, 4) is 11.5 Å². The fourth-order valence-corrected chi connectivity index (χ4v) is 2.71. The van der Waals surface area contributed by atoms with Crippen LogP contribution in [0.3, 0.4) is 0 Å². The molecule has 5 heteroatoms. The number of hydrogen-bond acceptors (Lipinski definition) is 3. The van der Waals surface area contributed by atoms with E-state index in [0.29, 0.717) is 17.5 Å². The van der Waals surface area contributed by atoms with Gasteiger partial charge in [0.15, 0.2) is 11.5 Å². The molecule has 0 unspecified atom stereocenters. The predicted molar refractivity (Wildman–Crippen MR) is 103 cm³/mol. The van der Waals surface area contributed by atoms with Gasteiger partial charge in [-0.2, -0.15) is 0 Å². The second kappa shape index (κ2) is 7.62. The lowest BCUT2D eigenvalue weighted by Crippen LogP contribution is -2.06. The normalized spacial score (nSPS) is 11.6. The molecule has 0 atom stereocenters. The Balaban J connectivity index is 1.92. The summed E-state index contributed by atoms with van der Waals surface area (Å²) >= 11 is 6.18. The Morgan fingerprint density at radius 3 is 2.68 bits per heavy atom. The molecule has 0 radical (unpaired) electrons. The van der Waals surface area contributed by atoms with Crippen molar-refractivity contribution in [3.63, 3.8) is 0 Å². The third-order valence-corrected chi connectivity index (χ3v) is 4.00. The number of H-pyrrole nitrogens is 1. The van der Waals surface area contributed by atoms with E-state index in [4.69, 9.17) is 21.1 Å². The maximum absolute atomic E-state index is 6.18. The standard InChI is InChI=1S/C20H21ClN2O2/c1-13(2)12-25-20-14(6-4-9-17(20)24-3)10-11-18-22-16-8-5-7-15(21)19(16)23-18/h4-11,13H,12H2,1-3H3,(H,22,23)/b11-10+. The first-order valence-corrected chi connectivity index (χ1v) is 8.58. The number of benzene rings is 2. The average molecular weight is 357 g/mol. The Labute approximate surface area is 152 Å². The van der Waals surface area contributed by atoms with Crippen LogP contribution in [0.4, 0.5) is 0 Å². The number of ether oxygens (including phenoxy) is 2. The van der Waals surface area contributed by atoms with Gasteiger partial charge in [0.1, 0.15) is 11.3 Å². The number of rotatable bonds is 6. The van der Waals surface area contributed by atoms with E-state index < -0.39 is 0 Å². The summed E-state index contributed by atoms with van der Waals surface area (Å²) < 4.78 is 11.4. The van der Waals surface area contributed by atoms with Gasteiger partial charge < -0.3 is 14.5 Å². The Morgan fingerprint density at radius 1 is 1.16 bits per heavy atom. The van der Waals surface area contributed by atoms with Gasteiger partial charge in [0.25, 0.3) is 0 Å². The molecule has 4 nitrogen and oxygen atoms in total. The number of hydrogen-bond donors (Lipinski definition) is 1. The highest BCUT2D eigenvalue weighted by Crippen LogP contribution is 2.33. The summed E-state index contributed by atoms with van der Waals surface area (Å²) in [6.07, 6.45) is 3.87. The maximum atomic E-state index is 6.18. The summed E-state index contributed by atoms with van der Waals surface area (Å²) in [5, 5.41) is 0.635. The summed E-state index contributed by atoms with van der Waals surface area (Å²) in [4.78, 5) is 7.78. The minimum absolute atomic E-state index is 0.430. The largest absolute Gasteiger partial charge is 0.493 e. The highest BCUT2D eigenvalue weighted by molar-refractivity contribution is 6.34. The van der Waals surface area contributed by atoms with Gasteiger partial charge >= 0.3 is 0 Å². The molecule has 1 N–H and O–H groups in total. The van der Waals surface area contributed by atoms with Gasteiger partial charge in [-0.3, -0.25) is 0 Å². The van der Waals surface area contributed by atoms with Gasteiger partial charge in [0.05, 0.1) is 24.3 Å². The van der Waals surface area contributed by atoms with E-state index in [0.717, 1.165) is 33.9 Å². The van der Waals surface area contributed by atoms with Crippen LogP contribution < -0.4 is 9.47 Å². The second-order valence-corrected chi connectivity index (χ2v) is 6.58. The molecule has 1 aromatic heterocycles. The van der Waals surface area contributed by atoms with Crippen LogP contribution in [0.2, 0.25) is 5.02 Å². The minimum atomic E-state index is 0.430. The minimum Gasteiger partial charge on any atom is -0.493 e. The summed E-state index contributed by atoms with van der Waals surface area (Å²) in [5.41, 5.74) is 2.62. The van der Waals surface area contributed by atoms with E-state index in [1.54, 1.807) is 7.11 Å². The number of nitrogens with zero attached hydrogens (tertiary/aromatic N) is 1. The third kappa shape index (κ3) is 3.97. The molecular weight excluding hydrogens is 336 g/mol. The van der Waals surface area contributed by atoms with Crippen LogP contribution in [0.25, 0.3) is 23.2 Å². The van der Waals surface area contributed by atoms with Crippen LogP contribution in [0.5, 0.6) is 11.5 Å². The highest BCUT2D eigenvalue weighted by atomic mass is 35.5. The van der Waals surface area contributed by atoms with Crippen LogP contribution >= 0.6 is 11.6 Å². The first kappa shape index (κ1) is 17.4.